The molecule has 0 saturated heterocycles. The van der Waals surface area contributed by atoms with Crippen molar-refractivity contribution in [1.82, 2.24) is 0 Å². The van der Waals surface area contributed by atoms with Crippen molar-refractivity contribution < 1.29 is 19.4 Å². The van der Waals surface area contributed by atoms with E-state index in [0.717, 1.165) is 44.9 Å². The summed E-state index contributed by atoms with van der Waals surface area (Å²) in [5.74, 6) is -0.631. The number of carboxylic acids is 1. The third-order valence-corrected chi connectivity index (χ3v) is 9.33. The highest BCUT2D eigenvalue weighted by Gasteiger charge is 2.14. The summed E-state index contributed by atoms with van der Waals surface area (Å²) in [6, 6.07) is 0. The molecule has 0 saturated carbocycles. The van der Waals surface area contributed by atoms with Crippen molar-refractivity contribution in [2.24, 2.45) is 0 Å². The van der Waals surface area contributed by atoms with Gasteiger partial charge >= 0.3 is 11.9 Å². The van der Waals surface area contributed by atoms with Crippen molar-refractivity contribution in [3.05, 3.63) is 0 Å². The van der Waals surface area contributed by atoms with Crippen LogP contribution in [0.25, 0.3) is 0 Å². The lowest BCUT2D eigenvalue weighted by atomic mass is 10.0. The fourth-order valence-corrected chi connectivity index (χ4v) is 6.36. The van der Waals surface area contributed by atoms with Crippen LogP contribution in [0.15, 0.2) is 0 Å². The Morgan fingerprint density at radius 2 is 0.682 bits per heavy atom. The fraction of sp³-hybridized carbons (Fsp3) is 0.950. The van der Waals surface area contributed by atoms with Crippen LogP contribution in [0.1, 0.15) is 239 Å². The molecule has 0 spiro atoms. The zero-order valence-corrected chi connectivity index (χ0v) is 30.0. The lowest BCUT2D eigenvalue weighted by molar-refractivity contribution is -0.150. The summed E-state index contributed by atoms with van der Waals surface area (Å²) in [6.07, 6.45) is 42.8. The van der Waals surface area contributed by atoms with E-state index in [0.29, 0.717) is 12.8 Å². The van der Waals surface area contributed by atoms with Gasteiger partial charge in [0.05, 0.1) is 0 Å². The molecule has 4 nitrogen and oxygen atoms in total. The van der Waals surface area contributed by atoms with Crippen LogP contribution < -0.4 is 0 Å². The van der Waals surface area contributed by atoms with Gasteiger partial charge in [0, 0.05) is 12.8 Å². The molecule has 0 aliphatic rings. The molecule has 44 heavy (non-hydrogen) atoms. The predicted molar refractivity (Wildman–Crippen MR) is 190 cm³/mol. The zero-order chi connectivity index (χ0) is 32.2. The number of unbranched alkanes of at least 4 members (excludes halogenated alkanes) is 28. The second-order valence-electron chi connectivity index (χ2n) is 13.8. The standard InChI is InChI=1S/C40H78O4/c1-3-5-7-9-11-12-13-14-15-16-17-22-25-29-33-37-40(43)44-38(34-30-26-10-8-6-4-2)35-31-27-23-20-18-19-21-24-28-32-36-39(41)42/h38H,3-37H2,1-2H3,(H,41,42). The molecule has 0 heterocycles. The minimum absolute atomic E-state index is 0.0408. The number of aliphatic carboxylic acids is 1. The lowest BCUT2D eigenvalue weighted by Crippen LogP contribution is -2.18. The van der Waals surface area contributed by atoms with Crippen LogP contribution >= 0.6 is 0 Å². The van der Waals surface area contributed by atoms with E-state index in [2.05, 4.69) is 13.8 Å². The summed E-state index contributed by atoms with van der Waals surface area (Å²) < 4.78 is 6.03. The summed E-state index contributed by atoms with van der Waals surface area (Å²) >= 11 is 0. The van der Waals surface area contributed by atoms with Gasteiger partial charge in [-0.25, -0.2) is 0 Å². The molecule has 1 N–H and O–H groups in total. The molecular formula is C40H78O4. The molecule has 0 aromatic rings. The van der Waals surface area contributed by atoms with Crippen LogP contribution in [0.2, 0.25) is 0 Å². The highest BCUT2D eigenvalue weighted by molar-refractivity contribution is 5.69. The summed E-state index contributed by atoms with van der Waals surface area (Å²) in [7, 11) is 0. The highest BCUT2D eigenvalue weighted by atomic mass is 16.5. The van der Waals surface area contributed by atoms with Crippen molar-refractivity contribution in [2.45, 2.75) is 245 Å². The van der Waals surface area contributed by atoms with Gasteiger partial charge in [0.2, 0.25) is 0 Å². The van der Waals surface area contributed by atoms with Gasteiger partial charge in [-0.3, -0.25) is 9.59 Å². The van der Waals surface area contributed by atoms with E-state index in [-0.39, 0.29) is 12.1 Å². The smallest absolute Gasteiger partial charge is 0.306 e. The van der Waals surface area contributed by atoms with Gasteiger partial charge in [-0.2, -0.15) is 0 Å². The van der Waals surface area contributed by atoms with Crippen molar-refractivity contribution in [1.29, 1.82) is 0 Å². The first-order valence-corrected chi connectivity index (χ1v) is 20.0. The summed E-state index contributed by atoms with van der Waals surface area (Å²) in [5.41, 5.74) is 0. The first kappa shape index (κ1) is 42.9. The van der Waals surface area contributed by atoms with Crippen LogP contribution in [0, 0.1) is 0 Å². The Bertz CT molecular complexity index is 590. The van der Waals surface area contributed by atoms with Crippen LogP contribution in [-0.2, 0) is 14.3 Å². The van der Waals surface area contributed by atoms with Crippen LogP contribution in [0.3, 0.4) is 0 Å². The third-order valence-electron chi connectivity index (χ3n) is 9.33. The van der Waals surface area contributed by atoms with E-state index < -0.39 is 5.97 Å². The second-order valence-corrected chi connectivity index (χ2v) is 13.8. The number of esters is 1. The summed E-state index contributed by atoms with van der Waals surface area (Å²) in [4.78, 5) is 23.2. The van der Waals surface area contributed by atoms with Gasteiger partial charge in [0.1, 0.15) is 6.10 Å². The van der Waals surface area contributed by atoms with Gasteiger partial charge in [-0.05, 0) is 38.5 Å². The van der Waals surface area contributed by atoms with Crippen LogP contribution in [0.5, 0.6) is 0 Å². The topological polar surface area (TPSA) is 63.6 Å². The first-order valence-electron chi connectivity index (χ1n) is 20.0. The van der Waals surface area contributed by atoms with Crippen LogP contribution in [-0.4, -0.2) is 23.1 Å². The fourth-order valence-electron chi connectivity index (χ4n) is 6.36. The molecule has 0 aromatic heterocycles. The number of hydrogen-bond donors (Lipinski definition) is 1. The van der Waals surface area contributed by atoms with Crippen LogP contribution in [0.4, 0.5) is 0 Å². The molecular weight excluding hydrogens is 544 g/mol. The zero-order valence-electron chi connectivity index (χ0n) is 30.0. The molecule has 0 aliphatic carbocycles. The summed E-state index contributed by atoms with van der Waals surface area (Å²) in [6.45, 7) is 4.55. The molecule has 0 amide bonds. The number of carboxylic acid groups (broad SMARTS) is 1. The highest BCUT2D eigenvalue weighted by Crippen LogP contribution is 2.19. The Balaban J connectivity index is 3.88. The van der Waals surface area contributed by atoms with Gasteiger partial charge in [-0.15, -0.1) is 0 Å². The number of ether oxygens (including phenoxy) is 1. The first-order chi connectivity index (χ1) is 21.6. The molecule has 0 radical (unpaired) electrons. The van der Waals surface area contributed by atoms with E-state index in [1.807, 2.05) is 0 Å². The molecule has 262 valence electrons. The maximum Gasteiger partial charge on any atom is 0.306 e. The summed E-state index contributed by atoms with van der Waals surface area (Å²) in [5, 5.41) is 8.71. The predicted octanol–water partition coefficient (Wildman–Crippen LogP) is 13.7. The van der Waals surface area contributed by atoms with E-state index in [1.165, 1.54) is 167 Å². The molecule has 0 rings (SSSR count). The molecule has 0 fully saturated rings. The van der Waals surface area contributed by atoms with Gasteiger partial charge in [0.15, 0.2) is 0 Å². The third kappa shape index (κ3) is 35.4. The molecule has 1 unspecified atom stereocenters. The van der Waals surface area contributed by atoms with E-state index >= 15 is 0 Å². The van der Waals surface area contributed by atoms with Gasteiger partial charge in [0.25, 0.3) is 0 Å². The van der Waals surface area contributed by atoms with E-state index in [9.17, 15) is 9.59 Å². The largest absolute Gasteiger partial charge is 0.481 e. The average molecular weight is 623 g/mol. The Hall–Kier alpha value is -1.06. The molecule has 0 aliphatic heterocycles. The normalized spacial score (nSPS) is 12.0. The minimum atomic E-state index is -0.672. The molecule has 0 bridgehead atoms. The Labute approximate surface area is 275 Å². The Kier molecular flexibility index (Phi) is 35.5. The number of carbonyl (C=O) groups is 2. The number of rotatable bonds is 37. The SMILES string of the molecule is CCCCCCCCCCCCCCCCCC(=O)OC(CCCCCCCC)CCCCCCCCCCCCC(=O)O. The Morgan fingerprint density at radius 1 is 0.409 bits per heavy atom. The minimum Gasteiger partial charge on any atom is -0.481 e. The number of hydrogen-bond acceptors (Lipinski definition) is 3. The van der Waals surface area contributed by atoms with Crippen molar-refractivity contribution in [3.8, 4) is 0 Å². The molecule has 1 atom stereocenters. The number of carbonyl (C=O) groups excluding carboxylic acids is 1. The second kappa shape index (κ2) is 36.4. The molecule has 0 aromatic carbocycles. The van der Waals surface area contributed by atoms with Gasteiger partial charge in [-0.1, -0.05) is 187 Å². The van der Waals surface area contributed by atoms with Crippen molar-refractivity contribution in [3.63, 3.8) is 0 Å². The van der Waals surface area contributed by atoms with Gasteiger partial charge < -0.3 is 9.84 Å². The quantitative estimate of drug-likeness (QED) is 0.0553. The maximum absolute atomic E-state index is 12.6. The van der Waals surface area contributed by atoms with E-state index in [1.54, 1.807) is 0 Å². The average Bonchev–Trinajstić information content (AvgIpc) is 3.01. The van der Waals surface area contributed by atoms with Crippen molar-refractivity contribution >= 4 is 11.9 Å². The maximum atomic E-state index is 12.6. The Morgan fingerprint density at radius 3 is 1.00 bits per heavy atom. The van der Waals surface area contributed by atoms with Crippen molar-refractivity contribution in [2.75, 3.05) is 0 Å². The van der Waals surface area contributed by atoms with E-state index in [4.69, 9.17) is 9.84 Å². The lowest BCUT2D eigenvalue weighted by Gasteiger charge is -2.18. The monoisotopic (exact) mass is 623 g/mol. The molecule has 4 heteroatoms.